The molecule has 2 aromatic rings. The predicted octanol–water partition coefficient (Wildman–Crippen LogP) is 2.34. The number of fused-ring (bicyclic) bond motifs is 1. The first-order chi connectivity index (χ1) is 13.5. The minimum Gasteiger partial charge on any atom is -0.351 e. The fourth-order valence-corrected chi connectivity index (χ4v) is 3.31. The SMILES string of the molecule is CCCCn1c(=O)[nH]c2cc(C(=O)NCCN(CCC)CCC)ccc2c1=O. The first-order valence-corrected chi connectivity index (χ1v) is 10.3. The summed E-state index contributed by atoms with van der Waals surface area (Å²) in [5.74, 6) is -0.203. The zero-order chi connectivity index (χ0) is 20.5. The van der Waals surface area contributed by atoms with Crippen molar-refractivity contribution in [3.8, 4) is 0 Å². The molecule has 2 rings (SSSR count). The van der Waals surface area contributed by atoms with Crippen LogP contribution in [0.1, 0.15) is 56.8 Å². The molecule has 0 fully saturated rings. The third kappa shape index (κ3) is 5.55. The summed E-state index contributed by atoms with van der Waals surface area (Å²) >= 11 is 0. The van der Waals surface area contributed by atoms with Gasteiger partial charge in [-0.05, 0) is 50.6 Å². The number of hydrogen-bond donors (Lipinski definition) is 2. The Bertz CT molecular complexity index is 895. The zero-order valence-corrected chi connectivity index (χ0v) is 17.2. The molecule has 2 N–H and O–H groups in total. The summed E-state index contributed by atoms with van der Waals surface area (Å²) in [6.45, 7) is 10.1. The Kier molecular flexibility index (Phi) is 8.44. The van der Waals surface area contributed by atoms with Crippen LogP contribution in [0.25, 0.3) is 10.9 Å². The standard InChI is InChI=1S/C21H32N4O3/c1-4-7-13-25-20(27)17-9-8-16(15-18(17)23-21(25)28)19(26)22-10-14-24(11-5-2)12-6-3/h8-9,15H,4-7,10-14H2,1-3H3,(H,22,26)(H,23,28). The van der Waals surface area contributed by atoms with Gasteiger partial charge in [-0.25, -0.2) is 4.79 Å². The number of nitrogens with zero attached hydrogens (tertiary/aromatic N) is 2. The molecular formula is C21H32N4O3. The second-order valence-corrected chi connectivity index (χ2v) is 7.10. The van der Waals surface area contributed by atoms with Gasteiger partial charge in [0.25, 0.3) is 11.5 Å². The van der Waals surface area contributed by atoms with E-state index in [0.29, 0.717) is 29.6 Å². The molecule has 0 spiro atoms. The molecule has 0 bridgehead atoms. The molecule has 0 aliphatic heterocycles. The average Bonchev–Trinajstić information content (AvgIpc) is 2.67. The number of rotatable bonds is 11. The van der Waals surface area contributed by atoms with Crippen LogP contribution in [-0.4, -0.2) is 46.5 Å². The van der Waals surface area contributed by atoms with E-state index in [9.17, 15) is 14.4 Å². The van der Waals surface area contributed by atoms with E-state index in [1.165, 1.54) is 4.57 Å². The first kappa shape index (κ1) is 21.9. The number of unbranched alkanes of at least 4 members (excludes halogenated alkanes) is 1. The smallest absolute Gasteiger partial charge is 0.328 e. The van der Waals surface area contributed by atoms with E-state index < -0.39 is 5.69 Å². The summed E-state index contributed by atoms with van der Waals surface area (Å²) in [6, 6.07) is 4.83. The van der Waals surface area contributed by atoms with Crippen LogP contribution in [-0.2, 0) is 6.54 Å². The molecule has 1 aromatic carbocycles. The van der Waals surface area contributed by atoms with Crippen LogP contribution in [0, 0.1) is 0 Å². The van der Waals surface area contributed by atoms with Gasteiger partial charge in [0.15, 0.2) is 0 Å². The maximum atomic E-state index is 12.5. The largest absolute Gasteiger partial charge is 0.351 e. The lowest BCUT2D eigenvalue weighted by Gasteiger charge is -2.20. The molecule has 0 aliphatic carbocycles. The van der Waals surface area contributed by atoms with Crippen molar-refractivity contribution in [2.24, 2.45) is 0 Å². The second kappa shape index (κ2) is 10.8. The first-order valence-electron chi connectivity index (χ1n) is 10.3. The summed E-state index contributed by atoms with van der Waals surface area (Å²) in [4.78, 5) is 42.3. The maximum absolute atomic E-state index is 12.5. The number of hydrogen-bond acceptors (Lipinski definition) is 4. The van der Waals surface area contributed by atoms with Crippen LogP contribution in [0.3, 0.4) is 0 Å². The lowest BCUT2D eigenvalue weighted by molar-refractivity contribution is 0.0948. The number of aromatic nitrogens is 2. The highest BCUT2D eigenvalue weighted by Crippen LogP contribution is 2.09. The van der Waals surface area contributed by atoms with Crippen LogP contribution < -0.4 is 16.6 Å². The molecule has 7 heteroatoms. The van der Waals surface area contributed by atoms with Crippen molar-refractivity contribution in [3.05, 3.63) is 44.6 Å². The number of amides is 1. The molecule has 154 valence electrons. The van der Waals surface area contributed by atoms with Gasteiger partial charge in [-0.2, -0.15) is 0 Å². The van der Waals surface area contributed by atoms with E-state index in [1.54, 1.807) is 18.2 Å². The van der Waals surface area contributed by atoms with Gasteiger partial charge in [0.2, 0.25) is 0 Å². The van der Waals surface area contributed by atoms with Gasteiger partial charge >= 0.3 is 5.69 Å². The van der Waals surface area contributed by atoms with E-state index in [1.807, 2.05) is 6.92 Å². The second-order valence-electron chi connectivity index (χ2n) is 7.10. The fourth-order valence-electron chi connectivity index (χ4n) is 3.31. The average molecular weight is 389 g/mol. The molecule has 0 saturated carbocycles. The van der Waals surface area contributed by atoms with Gasteiger partial charge in [0, 0.05) is 25.2 Å². The van der Waals surface area contributed by atoms with Gasteiger partial charge in [-0.15, -0.1) is 0 Å². The van der Waals surface area contributed by atoms with Crippen molar-refractivity contribution >= 4 is 16.8 Å². The Balaban J connectivity index is 2.12. The monoisotopic (exact) mass is 388 g/mol. The maximum Gasteiger partial charge on any atom is 0.328 e. The van der Waals surface area contributed by atoms with Gasteiger partial charge in [0.05, 0.1) is 10.9 Å². The molecular weight excluding hydrogens is 356 g/mol. The number of carbonyl (C=O) groups excluding carboxylic acids is 1. The van der Waals surface area contributed by atoms with Gasteiger partial charge in [0.1, 0.15) is 0 Å². The molecule has 0 atom stereocenters. The van der Waals surface area contributed by atoms with Crippen LogP contribution >= 0.6 is 0 Å². The molecule has 0 saturated heterocycles. The molecule has 0 unspecified atom stereocenters. The third-order valence-corrected chi connectivity index (χ3v) is 4.77. The number of nitrogens with one attached hydrogen (secondary N) is 2. The Morgan fingerprint density at radius 1 is 1.07 bits per heavy atom. The van der Waals surface area contributed by atoms with Gasteiger partial charge in [-0.1, -0.05) is 27.2 Å². The number of aromatic amines is 1. The Morgan fingerprint density at radius 2 is 1.79 bits per heavy atom. The van der Waals surface area contributed by atoms with E-state index in [4.69, 9.17) is 0 Å². The summed E-state index contributed by atoms with van der Waals surface area (Å²) in [7, 11) is 0. The summed E-state index contributed by atoms with van der Waals surface area (Å²) < 4.78 is 1.22. The highest BCUT2D eigenvalue weighted by atomic mass is 16.2. The summed E-state index contributed by atoms with van der Waals surface area (Å²) in [5, 5.41) is 3.34. The predicted molar refractivity (Wildman–Crippen MR) is 113 cm³/mol. The number of benzene rings is 1. The minimum absolute atomic E-state index is 0.203. The van der Waals surface area contributed by atoms with Crippen molar-refractivity contribution in [2.45, 2.75) is 53.0 Å². The summed E-state index contributed by atoms with van der Waals surface area (Å²) in [5.41, 5.74) is 0.0904. The Morgan fingerprint density at radius 3 is 2.43 bits per heavy atom. The van der Waals surface area contributed by atoms with Gasteiger partial charge < -0.3 is 15.2 Å². The van der Waals surface area contributed by atoms with E-state index in [2.05, 4.69) is 29.0 Å². The van der Waals surface area contributed by atoms with Crippen molar-refractivity contribution in [3.63, 3.8) is 0 Å². The summed E-state index contributed by atoms with van der Waals surface area (Å²) in [6.07, 6.45) is 3.84. The quantitative estimate of drug-likeness (QED) is 0.619. The fraction of sp³-hybridized carbons (Fsp3) is 0.571. The van der Waals surface area contributed by atoms with E-state index in [-0.39, 0.29) is 11.5 Å². The highest BCUT2D eigenvalue weighted by Gasteiger charge is 2.11. The molecule has 0 radical (unpaired) electrons. The van der Waals surface area contributed by atoms with E-state index >= 15 is 0 Å². The highest BCUT2D eigenvalue weighted by molar-refractivity contribution is 5.97. The van der Waals surface area contributed by atoms with E-state index in [0.717, 1.165) is 45.3 Å². The number of H-pyrrole nitrogens is 1. The van der Waals surface area contributed by atoms with Crippen LogP contribution in [0.4, 0.5) is 0 Å². The molecule has 1 aromatic heterocycles. The van der Waals surface area contributed by atoms with Crippen molar-refractivity contribution < 1.29 is 4.79 Å². The molecule has 0 aliphatic rings. The molecule has 28 heavy (non-hydrogen) atoms. The molecule has 1 amide bonds. The lowest BCUT2D eigenvalue weighted by atomic mass is 10.1. The van der Waals surface area contributed by atoms with Crippen molar-refractivity contribution in [2.75, 3.05) is 26.2 Å². The lowest BCUT2D eigenvalue weighted by Crippen LogP contribution is -2.36. The third-order valence-electron chi connectivity index (χ3n) is 4.77. The minimum atomic E-state index is -0.432. The topological polar surface area (TPSA) is 87.2 Å². The normalized spacial score (nSPS) is 11.3. The van der Waals surface area contributed by atoms with Crippen LogP contribution in [0.2, 0.25) is 0 Å². The molecule has 1 heterocycles. The molecule has 7 nitrogen and oxygen atoms in total. The van der Waals surface area contributed by atoms with Crippen molar-refractivity contribution in [1.29, 1.82) is 0 Å². The van der Waals surface area contributed by atoms with Crippen molar-refractivity contribution in [1.82, 2.24) is 19.8 Å². The van der Waals surface area contributed by atoms with Gasteiger partial charge in [-0.3, -0.25) is 14.2 Å². The zero-order valence-electron chi connectivity index (χ0n) is 17.2. The van der Waals surface area contributed by atoms with Crippen LogP contribution in [0.15, 0.2) is 27.8 Å². The number of carbonyl (C=O) groups is 1. The Hall–Kier alpha value is -2.41. The Labute approximate surface area is 165 Å². The van der Waals surface area contributed by atoms with Crippen LogP contribution in [0.5, 0.6) is 0 Å².